The van der Waals surface area contributed by atoms with Gasteiger partial charge in [0.2, 0.25) is 5.69 Å². The monoisotopic (exact) mass is 699 g/mol. The molecule has 3 heterocycles. The smallest absolute Gasteiger partial charge is 0.210 e. The number of hydrogen-bond acceptors (Lipinski definition) is 0. The summed E-state index contributed by atoms with van der Waals surface area (Å²) in [6.07, 6.45) is 0. The summed E-state index contributed by atoms with van der Waals surface area (Å²) in [5.74, 6) is 0. The van der Waals surface area contributed by atoms with Gasteiger partial charge in [-0.05, 0) is 77.2 Å². The Balaban J connectivity index is 1.10. The fourth-order valence-electron chi connectivity index (χ4n) is 8.70. The van der Waals surface area contributed by atoms with Gasteiger partial charge in [0.25, 0.3) is 0 Å². The van der Waals surface area contributed by atoms with E-state index in [0.29, 0.717) is 11.4 Å². The van der Waals surface area contributed by atoms with E-state index in [9.17, 15) is 0 Å². The van der Waals surface area contributed by atoms with Crippen LogP contribution in [-0.4, -0.2) is 13.7 Å². The van der Waals surface area contributed by atoms with Crippen molar-refractivity contribution in [1.82, 2.24) is 13.7 Å². The van der Waals surface area contributed by atoms with Gasteiger partial charge >= 0.3 is 0 Å². The quantitative estimate of drug-likeness (QED) is 0.163. The second-order valence-electron chi connectivity index (χ2n) is 13.9. The predicted octanol–water partition coefficient (Wildman–Crippen LogP) is 13.7. The number of rotatable bonds is 4. The summed E-state index contributed by atoms with van der Waals surface area (Å²) in [6.45, 7) is 15.7. The van der Waals surface area contributed by atoms with E-state index < -0.39 is 0 Å². The lowest BCUT2D eigenvalue weighted by molar-refractivity contribution is 1.13. The Morgan fingerprint density at radius 2 is 0.855 bits per heavy atom. The molecule has 0 aliphatic heterocycles. The summed E-state index contributed by atoms with van der Waals surface area (Å²) < 4.78 is 6.97. The molecular formula is C50H29N5. The van der Waals surface area contributed by atoms with Gasteiger partial charge in [-0.2, -0.15) is 0 Å². The van der Waals surface area contributed by atoms with Crippen molar-refractivity contribution in [3.63, 3.8) is 0 Å². The van der Waals surface area contributed by atoms with Gasteiger partial charge in [0.1, 0.15) is 0 Å². The lowest BCUT2D eigenvalue weighted by Gasteiger charge is -2.15. The highest BCUT2D eigenvalue weighted by atomic mass is 15.1. The number of aromatic nitrogens is 3. The molecule has 5 nitrogen and oxygen atoms in total. The fourth-order valence-corrected chi connectivity index (χ4v) is 8.70. The summed E-state index contributed by atoms with van der Waals surface area (Å²) in [5.41, 5.74) is 12.9. The Kier molecular flexibility index (Phi) is 6.61. The molecule has 0 N–H and O–H groups in total. The summed E-state index contributed by atoms with van der Waals surface area (Å²) >= 11 is 0. The highest BCUT2D eigenvalue weighted by Gasteiger charge is 2.20. The van der Waals surface area contributed by atoms with Crippen LogP contribution >= 0.6 is 0 Å². The predicted molar refractivity (Wildman–Crippen MR) is 227 cm³/mol. The summed E-state index contributed by atoms with van der Waals surface area (Å²) in [5, 5.41) is 6.94. The van der Waals surface area contributed by atoms with Gasteiger partial charge in [-0.3, -0.25) is 0 Å². The van der Waals surface area contributed by atoms with Gasteiger partial charge < -0.3 is 13.7 Å². The average Bonchev–Trinajstić information content (AvgIpc) is 3.89. The van der Waals surface area contributed by atoms with Crippen LogP contribution in [0.15, 0.2) is 176 Å². The molecule has 0 bridgehead atoms. The zero-order valence-corrected chi connectivity index (χ0v) is 29.5. The Bertz CT molecular complexity index is 3400. The van der Waals surface area contributed by atoms with Crippen LogP contribution in [0.3, 0.4) is 0 Å². The van der Waals surface area contributed by atoms with Crippen molar-refractivity contribution in [3.8, 4) is 28.2 Å². The lowest BCUT2D eigenvalue weighted by atomic mass is 10.0. The van der Waals surface area contributed by atoms with E-state index in [0.717, 1.165) is 61.0 Å². The molecule has 0 aliphatic carbocycles. The third kappa shape index (κ3) is 4.45. The number of benzene rings is 8. The maximum absolute atomic E-state index is 8.11. The fraction of sp³-hybridized carbons (Fsp3) is 0. The van der Waals surface area contributed by atoms with Crippen molar-refractivity contribution in [2.75, 3.05) is 0 Å². The van der Waals surface area contributed by atoms with Crippen molar-refractivity contribution >= 4 is 76.8 Å². The van der Waals surface area contributed by atoms with Gasteiger partial charge in [-0.1, -0.05) is 115 Å². The van der Waals surface area contributed by atoms with E-state index in [1.807, 2.05) is 42.5 Å². The molecule has 8 aromatic carbocycles. The molecule has 11 rings (SSSR count). The second kappa shape index (κ2) is 11.8. The molecular weight excluding hydrogens is 671 g/mol. The topological polar surface area (TPSA) is 23.5 Å². The molecule has 0 saturated heterocycles. The van der Waals surface area contributed by atoms with Crippen LogP contribution in [0.2, 0.25) is 0 Å². The van der Waals surface area contributed by atoms with E-state index in [-0.39, 0.29) is 0 Å². The summed E-state index contributed by atoms with van der Waals surface area (Å²) in [7, 11) is 0. The van der Waals surface area contributed by atoms with Crippen LogP contribution in [-0.2, 0) is 0 Å². The highest BCUT2D eigenvalue weighted by molar-refractivity contribution is 6.15. The molecule has 0 spiro atoms. The molecule has 0 saturated carbocycles. The van der Waals surface area contributed by atoms with Gasteiger partial charge in [0.15, 0.2) is 5.69 Å². The first-order chi connectivity index (χ1) is 27.2. The first-order valence-electron chi connectivity index (χ1n) is 18.3. The third-order valence-corrected chi connectivity index (χ3v) is 11.1. The number of nitrogens with zero attached hydrogens (tertiary/aromatic N) is 5. The van der Waals surface area contributed by atoms with Crippen molar-refractivity contribution in [2.45, 2.75) is 0 Å². The van der Waals surface area contributed by atoms with Crippen LogP contribution in [0.1, 0.15) is 0 Å². The standard InChI is InChI=1S/C50H29N5/c1-51-34-25-29-47-41(31-34)39-15-6-10-20-46(39)55(47)49-30-33(24-28-42(49)52-2)32-22-26-35(27-23-32)53-43-17-7-5-14-38(43)40-16-11-21-48(50(40)53)54-44-18-8-3-12-36(44)37-13-4-9-19-45(37)54/h3-31H. The van der Waals surface area contributed by atoms with E-state index in [4.69, 9.17) is 13.1 Å². The van der Waals surface area contributed by atoms with E-state index in [1.54, 1.807) is 0 Å². The Morgan fingerprint density at radius 3 is 1.47 bits per heavy atom. The minimum absolute atomic E-state index is 0.570. The van der Waals surface area contributed by atoms with Crippen molar-refractivity contribution in [1.29, 1.82) is 0 Å². The number of fused-ring (bicyclic) bond motifs is 9. The van der Waals surface area contributed by atoms with Crippen LogP contribution in [0.5, 0.6) is 0 Å². The first-order valence-corrected chi connectivity index (χ1v) is 18.3. The number of para-hydroxylation sites is 5. The molecule has 55 heavy (non-hydrogen) atoms. The van der Waals surface area contributed by atoms with Gasteiger partial charge in [0.05, 0.1) is 57.6 Å². The summed E-state index contributed by atoms with van der Waals surface area (Å²) in [6, 6.07) is 61.5. The van der Waals surface area contributed by atoms with E-state index >= 15 is 0 Å². The van der Waals surface area contributed by atoms with Crippen molar-refractivity contribution in [2.24, 2.45) is 0 Å². The van der Waals surface area contributed by atoms with Gasteiger partial charge in [-0.25, -0.2) is 9.69 Å². The van der Waals surface area contributed by atoms with Crippen molar-refractivity contribution in [3.05, 3.63) is 199 Å². The minimum atomic E-state index is 0.570. The number of hydrogen-bond donors (Lipinski definition) is 0. The summed E-state index contributed by atoms with van der Waals surface area (Å²) in [4.78, 5) is 7.64. The highest BCUT2D eigenvalue weighted by Crippen LogP contribution is 2.41. The molecule has 5 heteroatoms. The van der Waals surface area contributed by atoms with Crippen LogP contribution in [0.4, 0.5) is 11.4 Å². The maximum atomic E-state index is 8.11. The van der Waals surface area contributed by atoms with Gasteiger partial charge in [0, 0.05) is 32.6 Å². The zero-order chi connectivity index (χ0) is 36.6. The third-order valence-electron chi connectivity index (χ3n) is 11.1. The zero-order valence-electron chi connectivity index (χ0n) is 29.5. The Hall–Kier alpha value is -7.86. The first kappa shape index (κ1) is 30.7. The molecule has 0 unspecified atom stereocenters. The van der Waals surface area contributed by atoms with Gasteiger partial charge in [-0.15, -0.1) is 0 Å². The van der Waals surface area contributed by atoms with Crippen LogP contribution < -0.4 is 0 Å². The molecule has 3 aromatic heterocycles. The van der Waals surface area contributed by atoms with Crippen molar-refractivity contribution < 1.29 is 0 Å². The Morgan fingerprint density at radius 1 is 0.345 bits per heavy atom. The normalized spacial score (nSPS) is 11.6. The molecule has 0 aliphatic rings. The molecule has 0 radical (unpaired) electrons. The molecule has 0 amide bonds. The molecule has 11 aromatic rings. The Labute approximate surface area is 316 Å². The molecule has 0 fully saturated rings. The minimum Gasteiger partial charge on any atom is -0.319 e. The largest absolute Gasteiger partial charge is 0.319 e. The van der Waals surface area contributed by atoms with Crippen LogP contribution in [0.25, 0.3) is 103 Å². The molecule has 0 atom stereocenters. The molecule has 254 valence electrons. The lowest BCUT2D eigenvalue weighted by Crippen LogP contribution is -2.00. The maximum Gasteiger partial charge on any atom is 0.210 e. The van der Waals surface area contributed by atoms with E-state index in [2.05, 4.69) is 157 Å². The SMILES string of the molecule is [C-]#[N+]c1ccc2c(c1)c1ccccc1n2-c1cc(-c2ccc(-n3c4ccccc4c4cccc(-n5c6ccccc6c6ccccc65)c43)cc2)ccc1[N+]#[C-]. The second-order valence-corrected chi connectivity index (χ2v) is 13.9. The average molecular weight is 700 g/mol. The van der Waals surface area contributed by atoms with E-state index in [1.165, 1.54) is 32.6 Å². The van der Waals surface area contributed by atoms with Crippen LogP contribution in [0, 0.1) is 13.1 Å².